The Labute approximate surface area is 113 Å². The summed E-state index contributed by atoms with van der Waals surface area (Å²) in [6.45, 7) is 4.04. The molecular formula is C16H18N2O. The molecule has 3 nitrogen and oxygen atoms in total. The van der Waals surface area contributed by atoms with Crippen molar-refractivity contribution in [3.63, 3.8) is 0 Å². The zero-order chi connectivity index (χ0) is 13.8. The van der Waals surface area contributed by atoms with Crippen LogP contribution in [0, 0.1) is 13.8 Å². The van der Waals surface area contributed by atoms with Crippen molar-refractivity contribution >= 4 is 17.3 Å². The molecule has 0 heterocycles. The third kappa shape index (κ3) is 3.35. The van der Waals surface area contributed by atoms with Gasteiger partial charge in [0, 0.05) is 0 Å². The summed E-state index contributed by atoms with van der Waals surface area (Å²) in [6.07, 6.45) is 0.363. The van der Waals surface area contributed by atoms with E-state index in [4.69, 9.17) is 5.73 Å². The molecule has 1 amide bonds. The second kappa shape index (κ2) is 5.57. The SMILES string of the molecule is Cc1ccc(C)c(CC(=O)Nc2ccccc2N)c1. The van der Waals surface area contributed by atoms with Gasteiger partial charge in [-0.05, 0) is 37.1 Å². The van der Waals surface area contributed by atoms with E-state index in [1.165, 1.54) is 0 Å². The summed E-state index contributed by atoms with van der Waals surface area (Å²) in [6, 6.07) is 13.4. The number of hydrogen-bond donors (Lipinski definition) is 2. The van der Waals surface area contributed by atoms with Crippen LogP contribution in [0.3, 0.4) is 0 Å². The number of carbonyl (C=O) groups is 1. The van der Waals surface area contributed by atoms with E-state index in [0.29, 0.717) is 17.8 Å². The van der Waals surface area contributed by atoms with Gasteiger partial charge in [-0.25, -0.2) is 0 Å². The Morgan fingerprint density at radius 1 is 1.16 bits per heavy atom. The molecule has 0 saturated heterocycles. The standard InChI is InChI=1S/C16H18N2O/c1-11-7-8-12(2)13(9-11)10-16(19)18-15-6-4-3-5-14(15)17/h3-9H,10,17H2,1-2H3,(H,18,19). The lowest BCUT2D eigenvalue weighted by molar-refractivity contribution is -0.115. The van der Waals surface area contributed by atoms with Crippen LogP contribution in [0.4, 0.5) is 11.4 Å². The lowest BCUT2D eigenvalue weighted by atomic mass is 10.0. The minimum Gasteiger partial charge on any atom is -0.397 e. The Morgan fingerprint density at radius 3 is 2.63 bits per heavy atom. The molecule has 2 aromatic carbocycles. The van der Waals surface area contributed by atoms with Crippen LogP contribution in [0.2, 0.25) is 0 Å². The molecule has 0 radical (unpaired) electrons. The number of nitrogen functional groups attached to an aromatic ring is 1. The van der Waals surface area contributed by atoms with Gasteiger partial charge in [0.1, 0.15) is 0 Å². The third-order valence-corrected chi connectivity index (χ3v) is 3.09. The molecule has 0 aromatic heterocycles. The van der Waals surface area contributed by atoms with Crippen molar-refractivity contribution in [3.05, 3.63) is 59.2 Å². The Morgan fingerprint density at radius 2 is 1.89 bits per heavy atom. The molecule has 2 aromatic rings. The van der Waals surface area contributed by atoms with Crippen molar-refractivity contribution < 1.29 is 4.79 Å². The minimum atomic E-state index is -0.0494. The molecule has 0 atom stereocenters. The number of benzene rings is 2. The zero-order valence-corrected chi connectivity index (χ0v) is 11.2. The molecule has 19 heavy (non-hydrogen) atoms. The number of rotatable bonds is 3. The Balaban J connectivity index is 2.10. The number of nitrogens with two attached hydrogens (primary N) is 1. The van der Waals surface area contributed by atoms with Crippen LogP contribution in [-0.4, -0.2) is 5.91 Å². The lowest BCUT2D eigenvalue weighted by Gasteiger charge is -2.10. The van der Waals surface area contributed by atoms with Crippen molar-refractivity contribution in [2.24, 2.45) is 0 Å². The first-order valence-corrected chi connectivity index (χ1v) is 6.27. The summed E-state index contributed by atoms with van der Waals surface area (Å²) < 4.78 is 0. The molecule has 0 spiro atoms. The summed E-state index contributed by atoms with van der Waals surface area (Å²) in [7, 11) is 0. The van der Waals surface area contributed by atoms with Gasteiger partial charge in [-0.2, -0.15) is 0 Å². The zero-order valence-electron chi connectivity index (χ0n) is 11.2. The highest BCUT2D eigenvalue weighted by Gasteiger charge is 2.08. The quantitative estimate of drug-likeness (QED) is 0.827. The van der Waals surface area contributed by atoms with E-state index in [0.717, 1.165) is 16.7 Å². The molecule has 2 rings (SSSR count). The number of nitrogens with one attached hydrogen (secondary N) is 1. The smallest absolute Gasteiger partial charge is 0.228 e. The predicted octanol–water partition coefficient (Wildman–Crippen LogP) is 3.07. The topological polar surface area (TPSA) is 55.1 Å². The van der Waals surface area contributed by atoms with Crippen molar-refractivity contribution in [1.82, 2.24) is 0 Å². The van der Waals surface area contributed by atoms with Gasteiger partial charge in [-0.15, -0.1) is 0 Å². The van der Waals surface area contributed by atoms with E-state index in [1.54, 1.807) is 12.1 Å². The van der Waals surface area contributed by atoms with Gasteiger partial charge in [-0.1, -0.05) is 35.9 Å². The molecule has 98 valence electrons. The largest absolute Gasteiger partial charge is 0.397 e. The normalized spacial score (nSPS) is 10.2. The fraction of sp³-hybridized carbons (Fsp3) is 0.188. The van der Waals surface area contributed by atoms with Crippen molar-refractivity contribution in [3.8, 4) is 0 Å². The second-order valence-corrected chi connectivity index (χ2v) is 4.74. The van der Waals surface area contributed by atoms with Gasteiger partial charge in [-0.3, -0.25) is 4.79 Å². The fourth-order valence-corrected chi connectivity index (χ4v) is 1.97. The molecule has 3 heteroatoms. The minimum absolute atomic E-state index is 0.0494. The second-order valence-electron chi connectivity index (χ2n) is 4.74. The first kappa shape index (κ1) is 13.1. The molecule has 0 saturated carbocycles. The summed E-state index contributed by atoms with van der Waals surface area (Å²) >= 11 is 0. The predicted molar refractivity (Wildman–Crippen MR) is 79.1 cm³/mol. The van der Waals surface area contributed by atoms with Crippen LogP contribution in [0.5, 0.6) is 0 Å². The number of amides is 1. The van der Waals surface area contributed by atoms with Crippen molar-refractivity contribution in [1.29, 1.82) is 0 Å². The molecular weight excluding hydrogens is 236 g/mol. The Hall–Kier alpha value is -2.29. The van der Waals surface area contributed by atoms with Gasteiger partial charge in [0.15, 0.2) is 0 Å². The van der Waals surface area contributed by atoms with E-state index in [1.807, 2.05) is 44.2 Å². The molecule has 0 aliphatic carbocycles. The van der Waals surface area contributed by atoms with E-state index in [9.17, 15) is 4.79 Å². The molecule has 0 aliphatic heterocycles. The van der Waals surface area contributed by atoms with Crippen molar-refractivity contribution in [2.45, 2.75) is 20.3 Å². The molecule has 3 N–H and O–H groups in total. The van der Waals surface area contributed by atoms with E-state index in [2.05, 4.69) is 5.32 Å². The lowest BCUT2D eigenvalue weighted by Crippen LogP contribution is -2.16. The van der Waals surface area contributed by atoms with E-state index in [-0.39, 0.29) is 5.91 Å². The average Bonchev–Trinajstić information content (AvgIpc) is 2.37. The number of anilines is 2. The molecule has 0 unspecified atom stereocenters. The third-order valence-electron chi connectivity index (χ3n) is 3.09. The van der Waals surface area contributed by atoms with Crippen LogP contribution in [0.25, 0.3) is 0 Å². The van der Waals surface area contributed by atoms with E-state index < -0.39 is 0 Å². The van der Waals surface area contributed by atoms with Crippen molar-refractivity contribution in [2.75, 3.05) is 11.1 Å². The van der Waals surface area contributed by atoms with Crippen LogP contribution in [0.1, 0.15) is 16.7 Å². The first-order valence-electron chi connectivity index (χ1n) is 6.27. The number of aryl methyl sites for hydroxylation is 2. The van der Waals surface area contributed by atoms with Crippen LogP contribution in [0.15, 0.2) is 42.5 Å². The van der Waals surface area contributed by atoms with Gasteiger partial charge in [0.25, 0.3) is 0 Å². The van der Waals surface area contributed by atoms with Crippen LogP contribution < -0.4 is 11.1 Å². The number of hydrogen-bond acceptors (Lipinski definition) is 2. The maximum atomic E-state index is 12.0. The Kier molecular flexibility index (Phi) is 3.85. The number of carbonyl (C=O) groups excluding carboxylic acids is 1. The first-order chi connectivity index (χ1) is 9.06. The van der Waals surface area contributed by atoms with E-state index >= 15 is 0 Å². The van der Waals surface area contributed by atoms with Gasteiger partial charge < -0.3 is 11.1 Å². The summed E-state index contributed by atoms with van der Waals surface area (Å²) in [5.41, 5.74) is 10.4. The molecule has 0 aliphatic rings. The molecule has 0 fully saturated rings. The highest BCUT2D eigenvalue weighted by atomic mass is 16.1. The maximum Gasteiger partial charge on any atom is 0.228 e. The van der Waals surface area contributed by atoms with Crippen LogP contribution in [-0.2, 0) is 11.2 Å². The maximum absolute atomic E-state index is 12.0. The van der Waals surface area contributed by atoms with Crippen LogP contribution >= 0.6 is 0 Å². The monoisotopic (exact) mass is 254 g/mol. The number of para-hydroxylation sites is 2. The highest BCUT2D eigenvalue weighted by Crippen LogP contribution is 2.18. The highest BCUT2D eigenvalue weighted by molar-refractivity contribution is 5.95. The summed E-state index contributed by atoms with van der Waals surface area (Å²) in [5, 5.41) is 2.84. The summed E-state index contributed by atoms with van der Waals surface area (Å²) in [5.74, 6) is -0.0494. The van der Waals surface area contributed by atoms with Gasteiger partial charge in [0.2, 0.25) is 5.91 Å². The average molecular weight is 254 g/mol. The fourth-order valence-electron chi connectivity index (χ4n) is 1.97. The Bertz CT molecular complexity index is 605. The van der Waals surface area contributed by atoms with Gasteiger partial charge >= 0.3 is 0 Å². The summed E-state index contributed by atoms with van der Waals surface area (Å²) in [4.78, 5) is 12.0. The van der Waals surface area contributed by atoms with Gasteiger partial charge in [0.05, 0.1) is 17.8 Å². The molecule has 0 bridgehead atoms.